The molecule has 1 aliphatic rings. The number of aromatic amines is 1. The standard InChI is InChI=1S/C20H24N6O/c1-2-16(13-5-3-4-6-13)25-20(27)26-19-8-7-17-18(24-19)9-14(10-21-17)15-11-22-23-12-15/h7-13,16H,2-6H2,1H3,(H,22,23)(H2,24,25,26,27). The quantitative estimate of drug-likeness (QED) is 0.635. The third-order valence-corrected chi connectivity index (χ3v) is 5.34. The molecule has 1 aliphatic carbocycles. The molecule has 3 aromatic rings. The Kier molecular flexibility index (Phi) is 5.00. The predicted octanol–water partition coefficient (Wildman–Crippen LogP) is 4.11. The van der Waals surface area contributed by atoms with Crippen molar-refractivity contribution in [1.82, 2.24) is 25.5 Å². The molecule has 0 aliphatic heterocycles. The van der Waals surface area contributed by atoms with Crippen LogP contribution in [0.1, 0.15) is 39.0 Å². The summed E-state index contributed by atoms with van der Waals surface area (Å²) in [5, 5.41) is 12.8. The summed E-state index contributed by atoms with van der Waals surface area (Å²) in [5.74, 6) is 1.11. The van der Waals surface area contributed by atoms with Crippen LogP contribution in [0.2, 0.25) is 0 Å². The lowest BCUT2D eigenvalue weighted by atomic mass is 9.96. The molecule has 0 radical (unpaired) electrons. The molecule has 7 nitrogen and oxygen atoms in total. The summed E-state index contributed by atoms with van der Waals surface area (Å²) in [7, 11) is 0. The highest BCUT2D eigenvalue weighted by atomic mass is 16.2. The van der Waals surface area contributed by atoms with Gasteiger partial charge in [0.1, 0.15) is 5.82 Å². The number of fused-ring (bicyclic) bond motifs is 1. The molecule has 3 N–H and O–H groups in total. The van der Waals surface area contributed by atoms with Crippen molar-refractivity contribution in [2.45, 2.75) is 45.1 Å². The van der Waals surface area contributed by atoms with Gasteiger partial charge in [-0.15, -0.1) is 0 Å². The van der Waals surface area contributed by atoms with Crippen LogP contribution in [0, 0.1) is 5.92 Å². The predicted molar refractivity (Wildman–Crippen MR) is 105 cm³/mol. The Morgan fingerprint density at radius 1 is 1.22 bits per heavy atom. The van der Waals surface area contributed by atoms with Crippen molar-refractivity contribution in [2.24, 2.45) is 5.92 Å². The monoisotopic (exact) mass is 364 g/mol. The van der Waals surface area contributed by atoms with Crippen molar-refractivity contribution in [3.05, 3.63) is 36.8 Å². The summed E-state index contributed by atoms with van der Waals surface area (Å²) in [6.45, 7) is 2.13. The third-order valence-electron chi connectivity index (χ3n) is 5.34. The summed E-state index contributed by atoms with van der Waals surface area (Å²) in [6, 6.07) is 5.62. The number of rotatable bonds is 5. The van der Waals surface area contributed by atoms with E-state index in [1.54, 1.807) is 18.5 Å². The van der Waals surface area contributed by atoms with Crippen LogP contribution in [0.3, 0.4) is 0 Å². The first-order chi connectivity index (χ1) is 13.2. The zero-order chi connectivity index (χ0) is 18.6. The summed E-state index contributed by atoms with van der Waals surface area (Å²) >= 11 is 0. The molecule has 4 rings (SSSR count). The molecule has 2 amide bonds. The fourth-order valence-electron chi connectivity index (χ4n) is 3.88. The fourth-order valence-corrected chi connectivity index (χ4v) is 3.88. The van der Waals surface area contributed by atoms with Gasteiger partial charge in [-0.1, -0.05) is 19.8 Å². The van der Waals surface area contributed by atoms with Gasteiger partial charge in [-0.05, 0) is 43.4 Å². The number of nitrogens with zero attached hydrogens (tertiary/aromatic N) is 3. The molecule has 1 atom stereocenters. The highest BCUT2D eigenvalue weighted by Gasteiger charge is 2.25. The van der Waals surface area contributed by atoms with E-state index in [2.05, 4.69) is 37.7 Å². The van der Waals surface area contributed by atoms with Crippen molar-refractivity contribution >= 4 is 22.9 Å². The van der Waals surface area contributed by atoms with Crippen LogP contribution in [0.15, 0.2) is 36.8 Å². The largest absolute Gasteiger partial charge is 0.335 e. The molecule has 1 fully saturated rings. The zero-order valence-electron chi connectivity index (χ0n) is 15.4. The lowest BCUT2D eigenvalue weighted by molar-refractivity contribution is 0.241. The van der Waals surface area contributed by atoms with Crippen LogP contribution < -0.4 is 10.6 Å². The summed E-state index contributed by atoms with van der Waals surface area (Å²) < 4.78 is 0. The molecular formula is C20H24N6O. The maximum absolute atomic E-state index is 12.4. The van der Waals surface area contributed by atoms with Gasteiger partial charge in [0.05, 0.1) is 17.2 Å². The first kappa shape index (κ1) is 17.5. The maximum atomic E-state index is 12.4. The van der Waals surface area contributed by atoms with Gasteiger partial charge in [-0.25, -0.2) is 9.78 Å². The van der Waals surface area contributed by atoms with Crippen molar-refractivity contribution in [3.8, 4) is 11.1 Å². The van der Waals surface area contributed by atoms with Gasteiger partial charge in [0.15, 0.2) is 0 Å². The topological polar surface area (TPSA) is 95.6 Å². The molecule has 0 saturated heterocycles. The summed E-state index contributed by atoms with van der Waals surface area (Å²) in [4.78, 5) is 21.4. The van der Waals surface area contributed by atoms with Crippen molar-refractivity contribution in [3.63, 3.8) is 0 Å². The van der Waals surface area contributed by atoms with Gasteiger partial charge in [0.25, 0.3) is 0 Å². The van der Waals surface area contributed by atoms with E-state index in [9.17, 15) is 4.79 Å². The van der Waals surface area contributed by atoms with Gasteiger partial charge in [0.2, 0.25) is 0 Å². The number of nitrogens with one attached hydrogen (secondary N) is 3. The molecule has 7 heteroatoms. The average molecular weight is 364 g/mol. The number of pyridine rings is 2. The number of anilines is 1. The van der Waals surface area contributed by atoms with Gasteiger partial charge in [-0.3, -0.25) is 15.4 Å². The Balaban J connectivity index is 1.48. The minimum absolute atomic E-state index is 0.195. The summed E-state index contributed by atoms with van der Waals surface area (Å²) in [6.07, 6.45) is 11.2. The average Bonchev–Trinajstić information content (AvgIpc) is 3.39. The number of hydrogen-bond acceptors (Lipinski definition) is 4. The van der Waals surface area contributed by atoms with E-state index in [1.807, 2.05) is 18.3 Å². The molecule has 0 aromatic carbocycles. The molecule has 27 heavy (non-hydrogen) atoms. The lowest BCUT2D eigenvalue weighted by Gasteiger charge is -2.23. The highest BCUT2D eigenvalue weighted by molar-refractivity contribution is 5.90. The molecule has 140 valence electrons. The number of carbonyl (C=O) groups excluding carboxylic acids is 1. The van der Waals surface area contributed by atoms with E-state index < -0.39 is 0 Å². The number of carbonyl (C=O) groups is 1. The van der Waals surface area contributed by atoms with E-state index in [4.69, 9.17) is 0 Å². The minimum Gasteiger partial charge on any atom is -0.335 e. The number of aromatic nitrogens is 4. The second-order valence-corrected chi connectivity index (χ2v) is 7.10. The normalized spacial score (nSPS) is 15.7. The Bertz CT molecular complexity index is 917. The zero-order valence-corrected chi connectivity index (χ0v) is 15.4. The van der Waals surface area contributed by atoms with E-state index in [0.717, 1.165) is 28.6 Å². The Morgan fingerprint density at radius 3 is 2.81 bits per heavy atom. The second-order valence-electron chi connectivity index (χ2n) is 7.10. The third kappa shape index (κ3) is 3.92. The number of urea groups is 1. The van der Waals surface area contributed by atoms with Gasteiger partial charge in [-0.2, -0.15) is 5.10 Å². The van der Waals surface area contributed by atoms with Crippen LogP contribution in [-0.2, 0) is 0 Å². The second kappa shape index (κ2) is 7.73. The number of H-pyrrole nitrogens is 1. The molecule has 0 spiro atoms. The van der Waals surface area contributed by atoms with Crippen molar-refractivity contribution in [2.75, 3.05) is 5.32 Å². The Hall–Kier alpha value is -2.96. The molecule has 3 heterocycles. The van der Waals surface area contributed by atoms with Crippen LogP contribution in [0.25, 0.3) is 22.2 Å². The molecular weight excluding hydrogens is 340 g/mol. The van der Waals surface area contributed by atoms with E-state index in [-0.39, 0.29) is 12.1 Å². The van der Waals surface area contributed by atoms with Gasteiger partial charge < -0.3 is 5.32 Å². The smallest absolute Gasteiger partial charge is 0.320 e. The van der Waals surface area contributed by atoms with Gasteiger partial charge >= 0.3 is 6.03 Å². The van der Waals surface area contributed by atoms with Crippen LogP contribution in [0.5, 0.6) is 0 Å². The van der Waals surface area contributed by atoms with Crippen LogP contribution in [-0.4, -0.2) is 32.2 Å². The highest BCUT2D eigenvalue weighted by Crippen LogP contribution is 2.29. The maximum Gasteiger partial charge on any atom is 0.320 e. The van der Waals surface area contributed by atoms with Gasteiger partial charge in [0, 0.05) is 29.6 Å². The lowest BCUT2D eigenvalue weighted by Crippen LogP contribution is -2.41. The first-order valence-electron chi connectivity index (χ1n) is 9.56. The Labute approximate surface area is 158 Å². The summed E-state index contributed by atoms with van der Waals surface area (Å²) in [5.41, 5.74) is 3.39. The molecule has 0 bridgehead atoms. The van der Waals surface area contributed by atoms with Crippen molar-refractivity contribution < 1.29 is 4.79 Å². The van der Waals surface area contributed by atoms with Crippen molar-refractivity contribution in [1.29, 1.82) is 0 Å². The number of amides is 2. The molecule has 3 aromatic heterocycles. The van der Waals surface area contributed by atoms with E-state index in [0.29, 0.717) is 11.7 Å². The number of hydrogen-bond donors (Lipinski definition) is 3. The van der Waals surface area contributed by atoms with Crippen LogP contribution in [0.4, 0.5) is 10.6 Å². The minimum atomic E-state index is -0.195. The van der Waals surface area contributed by atoms with E-state index in [1.165, 1.54) is 25.7 Å². The fraction of sp³-hybridized carbons (Fsp3) is 0.400. The first-order valence-corrected chi connectivity index (χ1v) is 9.56. The van der Waals surface area contributed by atoms with Crippen LogP contribution >= 0.6 is 0 Å². The molecule has 1 unspecified atom stereocenters. The van der Waals surface area contributed by atoms with E-state index >= 15 is 0 Å². The SMILES string of the molecule is CCC(NC(=O)Nc1ccc2ncc(-c3cn[nH]c3)cc2n1)C1CCCC1. The molecule has 1 saturated carbocycles. The Morgan fingerprint density at radius 2 is 2.07 bits per heavy atom.